The molecule has 9 heteroatoms. The molecule has 2 unspecified atom stereocenters. The molecule has 2 N–H and O–H groups in total. The highest BCUT2D eigenvalue weighted by Crippen LogP contribution is 2.36. The van der Waals surface area contributed by atoms with Gasteiger partial charge in [-0.3, -0.25) is 0 Å². The van der Waals surface area contributed by atoms with Crippen molar-refractivity contribution in [2.24, 2.45) is 22.6 Å². The Hall–Kier alpha value is -3.90. The van der Waals surface area contributed by atoms with Gasteiger partial charge in [-0.05, 0) is 67.9 Å². The number of halogens is 2. The first-order valence-electron chi connectivity index (χ1n) is 13.6. The Morgan fingerprint density at radius 1 is 1.03 bits per heavy atom. The molecule has 0 aromatic heterocycles. The van der Waals surface area contributed by atoms with Gasteiger partial charge in [-0.1, -0.05) is 0 Å². The predicted octanol–water partition coefficient (Wildman–Crippen LogP) is 4.36. The summed E-state index contributed by atoms with van der Waals surface area (Å²) in [6.07, 6.45) is 6.69. The molecule has 39 heavy (non-hydrogen) atoms. The standard InChI is InChI=1S/C30H32F2N6O/c31-25-12-20(4-5-21(25)14-34)30-35-27(29(8-9-33)36-10-2-1-3-11-36)17-38(30)28-7-6-24(13-26(28)32)37-15-22-18-39-19-23(22)16-37/h4-9,12-13,22-23H,1-3,10-11,15-19,33H2/b9-8-,29-27-. The van der Waals surface area contributed by atoms with Crippen molar-refractivity contribution in [3.05, 3.63) is 82.8 Å². The molecule has 3 saturated heterocycles. The Bertz CT molecular complexity index is 1380. The summed E-state index contributed by atoms with van der Waals surface area (Å²) >= 11 is 0. The molecule has 0 aliphatic carbocycles. The summed E-state index contributed by atoms with van der Waals surface area (Å²) in [7, 11) is 0. The van der Waals surface area contributed by atoms with Gasteiger partial charge in [-0.25, -0.2) is 13.8 Å². The molecule has 4 aliphatic rings. The van der Waals surface area contributed by atoms with E-state index in [4.69, 9.17) is 15.5 Å². The Labute approximate surface area is 227 Å². The Morgan fingerprint density at radius 3 is 2.46 bits per heavy atom. The highest BCUT2D eigenvalue weighted by molar-refractivity contribution is 6.12. The lowest BCUT2D eigenvalue weighted by atomic mass is 10.0. The second kappa shape index (κ2) is 10.7. The molecule has 4 aliphatic heterocycles. The van der Waals surface area contributed by atoms with Crippen LogP contribution in [-0.4, -0.2) is 56.7 Å². The van der Waals surface area contributed by atoms with Crippen LogP contribution >= 0.6 is 0 Å². The number of nitrogens with two attached hydrogens (primary N) is 1. The van der Waals surface area contributed by atoms with Gasteiger partial charge in [-0.2, -0.15) is 5.26 Å². The summed E-state index contributed by atoms with van der Waals surface area (Å²) in [4.78, 5) is 11.2. The van der Waals surface area contributed by atoms with E-state index in [2.05, 4.69) is 9.80 Å². The predicted molar refractivity (Wildman–Crippen MR) is 147 cm³/mol. The number of piperidine rings is 1. The Kier molecular flexibility index (Phi) is 6.96. The SMILES string of the molecule is N#Cc1ccc(C2=N/C(=C(/C=C\N)N3CCCCC3)CN2c2ccc(N3CC4COCC4C3)cc2F)cc1F. The first-order valence-corrected chi connectivity index (χ1v) is 13.6. The lowest BCUT2D eigenvalue weighted by Gasteiger charge is -2.30. The highest BCUT2D eigenvalue weighted by atomic mass is 19.1. The number of nitrogens with zero attached hydrogens (tertiary/aromatic N) is 5. The number of likely N-dealkylation sites (tertiary alicyclic amines) is 1. The number of anilines is 2. The third-order valence-corrected chi connectivity index (χ3v) is 8.23. The number of hydrogen-bond donors (Lipinski definition) is 1. The number of ether oxygens (including phenoxy) is 1. The van der Waals surface area contributed by atoms with E-state index >= 15 is 4.39 Å². The topological polar surface area (TPSA) is 81.1 Å². The summed E-state index contributed by atoms with van der Waals surface area (Å²) in [5.74, 6) is 0.429. The third kappa shape index (κ3) is 4.85. The highest BCUT2D eigenvalue weighted by Gasteiger charge is 2.37. The van der Waals surface area contributed by atoms with Gasteiger partial charge in [0.15, 0.2) is 0 Å². The fourth-order valence-corrected chi connectivity index (χ4v) is 6.17. The number of benzene rings is 2. The van der Waals surface area contributed by atoms with E-state index in [0.717, 1.165) is 69.3 Å². The van der Waals surface area contributed by atoms with Crippen molar-refractivity contribution in [1.82, 2.24) is 4.90 Å². The molecule has 7 nitrogen and oxygen atoms in total. The fraction of sp³-hybridized carbons (Fsp3) is 0.400. The summed E-state index contributed by atoms with van der Waals surface area (Å²) in [6.45, 7) is 5.36. The summed E-state index contributed by atoms with van der Waals surface area (Å²) in [6, 6.07) is 11.6. The van der Waals surface area contributed by atoms with Crippen LogP contribution in [0, 0.1) is 34.8 Å². The van der Waals surface area contributed by atoms with Crippen molar-refractivity contribution in [3.63, 3.8) is 0 Å². The number of aliphatic imine (C=N–C) groups is 1. The first kappa shape index (κ1) is 25.4. The van der Waals surface area contributed by atoms with Crippen LogP contribution in [0.15, 0.2) is 65.1 Å². The average molecular weight is 531 g/mol. The van der Waals surface area contributed by atoms with Gasteiger partial charge in [-0.15, -0.1) is 0 Å². The average Bonchev–Trinajstić information content (AvgIpc) is 3.68. The second-order valence-electron chi connectivity index (χ2n) is 10.7. The van der Waals surface area contributed by atoms with E-state index in [9.17, 15) is 9.65 Å². The van der Waals surface area contributed by atoms with Crippen LogP contribution in [0.4, 0.5) is 20.2 Å². The van der Waals surface area contributed by atoms with Gasteiger partial charge in [0.2, 0.25) is 0 Å². The van der Waals surface area contributed by atoms with Crippen LogP contribution in [0.25, 0.3) is 0 Å². The molecular formula is C30H32F2N6O. The monoisotopic (exact) mass is 530 g/mol. The molecule has 6 rings (SSSR count). The summed E-state index contributed by atoms with van der Waals surface area (Å²) in [5, 5.41) is 9.20. The molecule has 2 aromatic carbocycles. The maximum atomic E-state index is 15.8. The maximum absolute atomic E-state index is 15.8. The van der Waals surface area contributed by atoms with Crippen LogP contribution < -0.4 is 15.5 Å². The minimum Gasteiger partial charge on any atom is -0.405 e. The minimum absolute atomic E-state index is 0.0453. The van der Waals surface area contributed by atoms with Crippen molar-refractivity contribution in [3.8, 4) is 6.07 Å². The van der Waals surface area contributed by atoms with Gasteiger partial charge in [0.25, 0.3) is 0 Å². The smallest absolute Gasteiger partial charge is 0.148 e. The molecule has 0 saturated carbocycles. The number of rotatable bonds is 5. The van der Waals surface area contributed by atoms with E-state index in [1.165, 1.54) is 24.8 Å². The largest absolute Gasteiger partial charge is 0.405 e. The maximum Gasteiger partial charge on any atom is 0.148 e. The second-order valence-corrected chi connectivity index (χ2v) is 10.7. The lowest BCUT2D eigenvalue weighted by molar-refractivity contribution is 0.177. The Morgan fingerprint density at radius 2 is 1.79 bits per heavy atom. The number of hydrogen-bond acceptors (Lipinski definition) is 7. The number of amidine groups is 1. The van der Waals surface area contributed by atoms with E-state index < -0.39 is 5.82 Å². The lowest BCUT2D eigenvalue weighted by Crippen LogP contribution is -2.31. The molecule has 2 aromatic rings. The quantitative estimate of drug-likeness (QED) is 0.619. The third-order valence-electron chi connectivity index (χ3n) is 8.23. The van der Waals surface area contributed by atoms with Gasteiger partial charge in [0, 0.05) is 49.3 Å². The van der Waals surface area contributed by atoms with Crippen molar-refractivity contribution in [2.75, 3.05) is 55.7 Å². The summed E-state index contributed by atoms with van der Waals surface area (Å²) < 4.78 is 36.1. The normalized spacial score (nSPS) is 24.3. The molecule has 0 bridgehead atoms. The van der Waals surface area contributed by atoms with Crippen molar-refractivity contribution >= 4 is 17.2 Å². The van der Waals surface area contributed by atoms with Crippen LogP contribution in [0.2, 0.25) is 0 Å². The zero-order chi connectivity index (χ0) is 26.9. The number of fused-ring (bicyclic) bond motifs is 1. The molecule has 202 valence electrons. The van der Waals surface area contributed by atoms with Crippen LogP contribution in [0.3, 0.4) is 0 Å². The van der Waals surface area contributed by atoms with E-state index in [0.29, 0.717) is 35.5 Å². The zero-order valence-electron chi connectivity index (χ0n) is 21.8. The van der Waals surface area contributed by atoms with Crippen LogP contribution in [0.5, 0.6) is 0 Å². The number of allylic oxidation sites excluding steroid dienone is 1. The van der Waals surface area contributed by atoms with Gasteiger partial charge in [0.05, 0.1) is 42.4 Å². The fourth-order valence-electron chi connectivity index (χ4n) is 6.17. The van der Waals surface area contributed by atoms with Crippen molar-refractivity contribution in [1.29, 1.82) is 5.26 Å². The molecule has 4 heterocycles. The van der Waals surface area contributed by atoms with Gasteiger partial charge in [0.1, 0.15) is 23.5 Å². The molecule has 0 spiro atoms. The molecule has 0 amide bonds. The van der Waals surface area contributed by atoms with Crippen LogP contribution in [-0.2, 0) is 4.74 Å². The van der Waals surface area contributed by atoms with Crippen molar-refractivity contribution in [2.45, 2.75) is 19.3 Å². The number of nitriles is 1. The van der Waals surface area contributed by atoms with E-state index in [1.807, 2.05) is 18.2 Å². The van der Waals surface area contributed by atoms with Gasteiger partial charge >= 0.3 is 0 Å². The summed E-state index contributed by atoms with van der Waals surface area (Å²) in [5.41, 5.74) is 9.12. The Balaban J connectivity index is 1.38. The molecule has 0 radical (unpaired) electrons. The minimum atomic E-state index is -0.632. The molecule has 3 fully saturated rings. The van der Waals surface area contributed by atoms with Crippen molar-refractivity contribution < 1.29 is 13.5 Å². The van der Waals surface area contributed by atoms with E-state index in [1.54, 1.807) is 23.1 Å². The molecular weight excluding hydrogens is 498 g/mol. The van der Waals surface area contributed by atoms with Crippen LogP contribution in [0.1, 0.15) is 30.4 Å². The first-order chi connectivity index (χ1) is 19.1. The zero-order valence-corrected chi connectivity index (χ0v) is 21.8. The molecule has 2 atom stereocenters. The van der Waals surface area contributed by atoms with Gasteiger partial charge < -0.3 is 25.2 Å². The van der Waals surface area contributed by atoms with E-state index in [-0.39, 0.29) is 11.4 Å².